The Morgan fingerprint density at radius 1 is 1.17 bits per heavy atom. The third-order valence-corrected chi connectivity index (χ3v) is 3.91. The number of rotatable bonds is 3. The summed E-state index contributed by atoms with van der Waals surface area (Å²) in [7, 11) is 0. The number of nitrogens with one attached hydrogen (secondary N) is 2. The molecule has 2 N–H and O–H groups in total. The Morgan fingerprint density at radius 3 is 2.78 bits per heavy atom. The fraction of sp³-hybridized carbons (Fsp3) is 0.467. The highest BCUT2D eigenvalue weighted by Gasteiger charge is 2.12. The topological polar surface area (TPSA) is 31.1 Å². The van der Waals surface area contributed by atoms with Crippen molar-refractivity contribution >= 4 is 10.9 Å². The summed E-state index contributed by atoms with van der Waals surface area (Å²) >= 11 is 0. The van der Waals surface area contributed by atoms with Crippen molar-refractivity contribution in [2.75, 3.05) is 32.7 Å². The third kappa shape index (κ3) is 2.28. The number of piperazine rings is 1. The van der Waals surface area contributed by atoms with E-state index >= 15 is 0 Å². The largest absolute Gasteiger partial charge is 0.358 e. The lowest BCUT2D eigenvalue weighted by Gasteiger charge is -2.27. The molecule has 0 atom stereocenters. The molecule has 1 aromatic carbocycles. The Morgan fingerprint density at radius 2 is 1.94 bits per heavy atom. The number of aromatic nitrogens is 1. The summed E-state index contributed by atoms with van der Waals surface area (Å²) in [5, 5.41) is 4.79. The van der Waals surface area contributed by atoms with Crippen LogP contribution in [-0.4, -0.2) is 42.6 Å². The number of hydrogen-bond donors (Lipinski definition) is 2. The van der Waals surface area contributed by atoms with E-state index in [2.05, 4.69) is 46.4 Å². The Kier molecular flexibility index (Phi) is 3.35. The van der Waals surface area contributed by atoms with E-state index in [1.54, 1.807) is 0 Å². The van der Waals surface area contributed by atoms with Gasteiger partial charge in [0.05, 0.1) is 0 Å². The van der Waals surface area contributed by atoms with E-state index in [9.17, 15) is 0 Å². The van der Waals surface area contributed by atoms with Crippen LogP contribution in [0.25, 0.3) is 10.9 Å². The summed E-state index contributed by atoms with van der Waals surface area (Å²) in [6.07, 6.45) is 1.15. The van der Waals surface area contributed by atoms with Crippen LogP contribution in [0.1, 0.15) is 11.3 Å². The van der Waals surface area contributed by atoms with Crippen molar-refractivity contribution in [1.82, 2.24) is 15.2 Å². The molecule has 3 heteroatoms. The Balaban J connectivity index is 1.75. The van der Waals surface area contributed by atoms with E-state index in [1.165, 1.54) is 41.8 Å². The highest BCUT2D eigenvalue weighted by atomic mass is 15.2. The summed E-state index contributed by atoms with van der Waals surface area (Å²) in [6.45, 7) is 7.99. The lowest BCUT2D eigenvalue weighted by molar-refractivity contribution is 0.244. The molecule has 96 valence electrons. The average Bonchev–Trinajstić information content (AvgIpc) is 2.73. The molecule has 0 saturated carbocycles. The molecule has 2 aromatic rings. The number of para-hydroxylation sites is 1. The quantitative estimate of drug-likeness (QED) is 0.863. The van der Waals surface area contributed by atoms with E-state index in [1.807, 2.05) is 0 Å². The first-order valence-corrected chi connectivity index (χ1v) is 6.84. The minimum Gasteiger partial charge on any atom is -0.358 e. The van der Waals surface area contributed by atoms with Gasteiger partial charge in [-0.3, -0.25) is 0 Å². The predicted molar refractivity (Wildman–Crippen MR) is 76.0 cm³/mol. The minimum absolute atomic E-state index is 1.13. The lowest BCUT2D eigenvalue weighted by Crippen LogP contribution is -2.44. The zero-order valence-electron chi connectivity index (χ0n) is 11.0. The molecule has 1 fully saturated rings. The molecule has 1 saturated heterocycles. The molecule has 0 radical (unpaired) electrons. The van der Waals surface area contributed by atoms with Crippen LogP contribution in [0.4, 0.5) is 0 Å². The Labute approximate surface area is 108 Å². The third-order valence-electron chi connectivity index (χ3n) is 3.91. The number of nitrogens with zero attached hydrogens (tertiary/aromatic N) is 1. The average molecular weight is 243 g/mol. The van der Waals surface area contributed by atoms with E-state index in [4.69, 9.17) is 0 Å². The van der Waals surface area contributed by atoms with Crippen LogP contribution in [0.3, 0.4) is 0 Å². The van der Waals surface area contributed by atoms with Crippen LogP contribution < -0.4 is 5.32 Å². The molecule has 0 bridgehead atoms. The molecule has 0 amide bonds. The van der Waals surface area contributed by atoms with Crippen molar-refractivity contribution in [2.24, 2.45) is 0 Å². The monoisotopic (exact) mass is 243 g/mol. The van der Waals surface area contributed by atoms with Gasteiger partial charge in [-0.25, -0.2) is 0 Å². The second kappa shape index (κ2) is 5.12. The van der Waals surface area contributed by atoms with Crippen molar-refractivity contribution in [3.05, 3.63) is 35.5 Å². The number of aromatic amines is 1. The van der Waals surface area contributed by atoms with E-state index in [0.717, 1.165) is 19.5 Å². The minimum atomic E-state index is 1.13. The number of hydrogen-bond acceptors (Lipinski definition) is 2. The van der Waals surface area contributed by atoms with Crippen molar-refractivity contribution in [1.29, 1.82) is 0 Å². The molecule has 0 spiro atoms. The van der Waals surface area contributed by atoms with Crippen molar-refractivity contribution < 1.29 is 0 Å². The fourth-order valence-corrected chi connectivity index (χ4v) is 2.86. The van der Waals surface area contributed by atoms with E-state index < -0.39 is 0 Å². The van der Waals surface area contributed by atoms with Crippen LogP contribution in [0.5, 0.6) is 0 Å². The van der Waals surface area contributed by atoms with Gasteiger partial charge in [-0.1, -0.05) is 18.2 Å². The second-order valence-electron chi connectivity index (χ2n) is 5.12. The van der Waals surface area contributed by atoms with Gasteiger partial charge in [-0.15, -0.1) is 0 Å². The Bertz CT molecular complexity index is 524. The molecule has 2 heterocycles. The number of H-pyrrole nitrogens is 1. The summed E-state index contributed by atoms with van der Waals surface area (Å²) in [5.41, 5.74) is 4.08. The molecule has 0 aliphatic carbocycles. The smallest absolute Gasteiger partial charge is 0.0458 e. The first-order valence-electron chi connectivity index (χ1n) is 6.84. The summed E-state index contributed by atoms with van der Waals surface area (Å²) in [6, 6.07) is 8.62. The second-order valence-corrected chi connectivity index (χ2v) is 5.12. The highest BCUT2D eigenvalue weighted by Crippen LogP contribution is 2.22. The first kappa shape index (κ1) is 11.8. The van der Waals surface area contributed by atoms with Crippen molar-refractivity contribution in [3.63, 3.8) is 0 Å². The molecule has 3 nitrogen and oxygen atoms in total. The van der Waals surface area contributed by atoms with Gasteiger partial charge in [-0.05, 0) is 25.0 Å². The molecule has 1 aliphatic heterocycles. The van der Waals surface area contributed by atoms with E-state index in [0.29, 0.717) is 0 Å². The molecule has 0 unspecified atom stereocenters. The van der Waals surface area contributed by atoms with Crippen LogP contribution in [0.15, 0.2) is 24.3 Å². The molecule has 18 heavy (non-hydrogen) atoms. The molecular weight excluding hydrogens is 222 g/mol. The number of aryl methyl sites for hydroxylation is 1. The summed E-state index contributed by atoms with van der Waals surface area (Å²) in [4.78, 5) is 6.04. The molecular formula is C15H21N3. The van der Waals surface area contributed by atoms with E-state index in [-0.39, 0.29) is 0 Å². The van der Waals surface area contributed by atoms with Gasteiger partial charge in [0.25, 0.3) is 0 Å². The maximum absolute atomic E-state index is 3.48. The number of benzene rings is 1. The van der Waals surface area contributed by atoms with Gasteiger partial charge in [0, 0.05) is 49.3 Å². The zero-order valence-corrected chi connectivity index (χ0v) is 11.0. The molecule has 1 aromatic heterocycles. The summed E-state index contributed by atoms with van der Waals surface area (Å²) < 4.78 is 0. The van der Waals surface area contributed by atoms with Crippen LogP contribution in [0.2, 0.25) is 0 Å². The highest BCUT2D eigenvalue weighted by molar-refractivity contribution is 5.84. The predicted octanol–water partition coefficient (Wildman–Crippen LogP) is 1.92. The summed E-state index contributed by atoms with van der Waals surface area (Å²) in [5.74, 6) is 0. The van der Waals surface area contributed by atoms with Gasteiger partial charge in [0.2, 0.25) is 0 Å². The van der Waals surface area contributed by atoms with Gasteiger partial charge in [0.15, 0.2) is 0 Å². The van der Waals surface area contributed by atoms with Crippen LogP contribution >= 0.6 is 0 Å². The Hall–Kier alpha value is -1.32. The standard InChI is InChI=1S/C15H21N3/c1-12-13(6-9-18-10-7-16-8-11-18)14-4-2-3-5-15(14)17-12/h2-5,16-17H,6-11H2,1H3. The van der Waals surface area contributed by atoms with Crippen LogP contribution in [-0.2, 0) is 6.42 Å². The first-order chi connectivity index (χ1) is 8.84. The zero-order chi connectivity index (χ0) is 12.4. The maximum atomic E-state index is 3.48. The normalized spacial score (nSPS) is 17.4. The van der Waals surface area contributed by atoms with Gasteiger partial charge in [-0.2, -0.15) is 0 Å². The lowest BCUT2D eigenvalue weighted by atomic mass is 10.1. The number of fused-ring (bicyclic) bond motifs is 1. The fourth-order valence-electron chi connectivity index (χ4n) is 2.86. The van der Waals surface area contributed by atoms with Gasteiger partial charge < -0.3 is 15.2 Å². The molecule has 1 aliphatic rings. The van der Waals surface area contributed by atoms with Crippen LogP contribution in [0, 0.1) is 6.92 Å². The van der Waals surface area contributed by atoms with Crippen molar-refractivity contribution in [2.45, 2.75) is 13.3 Å². The van der Waals surface area contributed by atoms with Gasteiger partial charge in [0.1, 0.15) is 0 Å². The maximum Gasteiger partial charge on any atom is 0.0458 e. The molecule has 3 rings (SSSR count). The van der Waals surface area contributed by atoms with Crippen molar-refractivity contribution in [3.8, 4) is 0 Å². The SMILES string of the molecule is Cc1[nH]c2ccccc2c1CCN1CCNCC1. The van der Waals surface area contributed by atoms with Gasteiger partial charge >= 0.3 is 0 Å².